The SMILES string of the molecule is COc1ccc(OCCCN(C)C)c(/C=C/C(=O)O)c1. The van der Waals surface area contributed by atoms with Crippen molar-refractivity contribution in [2.75, 3.05) is 34.4 Å². The Morgan fingerprint density at radius 1 is 1.40 bits per heavy atom. The Hall–Kier alpha value is -2.01. The fourth-order valence-corrected chi connectivity index (χ4v) is 1.64. The summed E-state index contributed by atoms with van der Waals surface area (Å²) in [6.07, 6.45) is 3.49. The largest absolute Gasteiger partial charge is 0.497 e. The van der Waals surface area contributed by atoms with Crippen LogP contribution in [0.3, 0.4) is 0 Å². The van der Waals surface area contributed by atoms with Gasteiger partial charge >= 0.3 is 5.97 Å². The van der Waals surface area contributed by atoms with Crippen molar-refractivity contribution in [1.82, 2.24) is 4.90 Å². The van der Waals surface area contributed by atoms with Crippen molar-refractivity contribution >= 4 is 12.0 Å². The standard InChI is InChI=1S/C15H21NO4/c1-16(2)9-4-10-20-14-7-6-13(19-3)11-12(14)5-8-15(17)18/h5-8,11H,4,9-10H2,1-3H3,(H,17,18)/b8-5+. The number of hydrogen-bond donors (Lipinski definition) is 1. The predicted molar refractivity (Wildman–Crippen MR) is 78.3 cm³/mol. The molecule has 0 bridgehead atoms. The van der Waals surface area contributed by atoms with Gasteiger partial charge in [-0.1, -0.05) is 0 Å². The molecule has 0 amide bonds. The monoisotopic (exact) mass is 279 g/mol. The molecule has 0 aromatic heterocycles. The molecule has 0 spiro atoms. The smallest absolute Gasteiger partial charge is 0.328 e. The third-order valence-electron chi connectivity index (χ3n) is 2.63. The number of methoxy groups -OCH3 is 1. The van der Waals surface area contributed by atoms with E-state index in [1.165, 1.54) is 6.08 Å². The quantitative estimate of drug-likeness (QED) is 0.583. The van der Waals surface area contributed by atoms with E-state index in [1.54, 1.807) is 25.3 Å². The summed E-state index contributed by atoms with van der Waals surface area (Å²) in [5.74, 6) is 0.323. The molecule has 20 heavy (non-hydrogen) atoms. The van der Waals surface area contributed by atoms with Gasteiger partial charge in [0.15, 0.2) is 0 Å². The van der Waals surface area contributed by atoms with Crippen LogP contribution in [-0.4, -0.2) is 50.3 Å². The average Bonchev–Trinajstić information content (AvgIpc) is 2.41. The van der Waals surface area contributed by atoms with Gasteiger partial charge in [0.05, 0.1) is 13.7 Å². The van der Waals surface area contributed by atoms with Crippen LogP contribution in [0.25, 0.3) is 6.08 Å². The molecule has 0 heterocycles. The van der Waals surface area contributed by atoms with E-state index >= 15 is 0 Å². The molecular weight excluding hydrogens is 258 g/mol. The highest BCUT2D eigenvalue weighted by Crippen LogP contribution is 2.25. The fraction of sp³-hybridized carbons (Fsp3) is 0.400. The van der Waals surface area contributed by atoms with Gasteiger partial charge in [0, 0.05) is 18.2 Å². The zero-order valence-electron chi connectivity index (χ0n) is 12.1. The van der Waals surface area contributed by atoms with E-state index in [4.69, 9.17) is 14.6 Å². The summed E-state index contributed by atoms with van der Waals surface area (Å²) in [6.45, 7) is 1.52. The lowest BCUT2D eigenvalue weighted by Gasteiger charge is -2.12. The van der Waals surface area contributed by atoms with E-state index in [1.807, 2.05) is 14.1 Å². The molecule has 0 unspecified atom stereocenters. The summed E-state index contributed by atoms with van der Waals surface area (Å²) in [5, 5.41) is 8.70. The summed E-state index contributed by atoms with van der Waals surface area (Å²) < 4.78 is 10.8. The molecule has 0 fully saturated rings. The van der Waals surface area contributed by atoms with Crippen LogP contribution in [0.5, 0.6) is 11.5 Å². The highest BCUT2D eigenvalue weighted by molar-refractivity contribution is 5.86. The Morgan fingerprint density at radius 2 is 2.15 bits per heavy atom. The molecule has 0 aliphatic carbocycles. The highest BCUT2D eigenvalue weighted by Gasteiger charge is 2.04. The van der Waals surface area contributed by atoms with Gasteiger partial charge < -0.3 is 19.5 Å². The van der Waals surface area contributed by atoms with Crippen molar-refractivity contribution in [2.24, 2.45) is 0 Å². The van der Waals surface area contributed by atoms with Crippen LogP contribution in [0.4, 0.5) is 0 Å². The third kappa shape index (κ3) is 5.75. The van der Waals surface area contributed by atoms with Gasteiger partial charge in [-0.3, -0.25) is 0 Å². The third-order valence-corrected chi connectivity index (χ3v) is 2.63. The van der Waals surface area contributed by atoms with E-state index in [-0.39, 0.29) is 0 Å². The summed E-state index contributed by atoms with van der Waals surface area (Å²) in [5.41, 5.74) is 0.691. The number of benzene rings is 1. The Balaban J connectivity index is 2.75. The minimum Gasteiger partial charge on any atom is -0.497 e. The molecule has 0 radical (unpaired) electrons. The van der Waals surface area contributed by atoms with Gasteiger partial charge in [0.2, 0.25) is 0 Å². The number of aliphatic carboxylic acids is 1. The molecule has 1 aromatic carbocycles. The zero-order valence-corrected chi connectivity index (χ0v) is 12.1. The van der Waals surface area contributed by atoms with Gasteiger partial charge in [-0.25, -0.2) is 4.79 Å². The second kappa shape index (κ2) is 8.22. The molecule has 5 heteroatoms. The number of ether oxygens (including phenoxy) is 2. The lowest BCUT2D eigenvalue weighted by Crippen LogP contribution is -2.15. The lowest BCUT2D eigenvalue weighted by molar-refractivity contribution is -0.131. The maximum absolute atomic E-state index is 10.6. The van der Waals surface area contributed by atoms with Crippen LogP contribution >= 0.6 is 0 Å². The molecule has 0 aliphatic rings. The molecule has 1 aromatic rings. The molecule has 0 aliphatic heterocycles. The van der Waals surface area contributed by atoms with Gasteiger partial charge in [-0.05, 0) is 44.8 Å². The van der Waals surface area contributed by atoms with Crippen molar-refractivity contribution in [2.45, 2.75) is 6.42 Å². The first-order valence-electron chi connectivity index (χ1n) is 6.39. The van der Waals surface area contributed by atoms with Crippen molar-refractivity contribution < 1.29 is 19.4 Å². The van der Waals surface area contributed by atoms with Crippen LogP contribution in [0.1, 0.15) is 12.0 Å². The minimum atomic E-state index is -0.994. The minimum absolute atomic E-state index is 0.582. The molecule has 1 N–H and O–H groups in total. The van der Waals surface area contributed by atoms with Gasteiger partial charge in [-0.15, -0.1) is 0 Å². The molecule has 1 rings (SSSR count). The lowest BCUT2D eigenvalue weighted by atomic mass is 10.1. The Bertz CT molecular complexity index is 469. The van der Waals surface area contributed by atoms with E-state index in [0.717, 1.165) is 19.0 Å². The number of hydrogen-bond acceptors (Lipinski definition) is 4. The highest BCUT2D eigenvalue weighted by atomic mass is 16.5. The zero-order chi connectivity index (χ0) is 15.0. The first-order chi connectivity index (χ1) is 9.52. The number of nitrogens with zero attached hydrogens (tertiary/aromatic N) is 1. The molecule has 0 atom stereocenters. The van der Waals surface area contributed by atoms with E-state index in [0.29, 0.717) is 23.7 Å². The van der Waals surface area contributed by atoms with Crippen LogP contribution in [-0.2, 0) is 4.79 Å². The molecule has 5 nitrogen and oxygen atoms in total. The molecule has 110 valence electrons. The van der Waals surface area contributed by atoms with E-state index in [9.17, 15) is 4.79 Å². The predicted octanol–water partition coefficient (Wildman–Crippen LogP) is 2.12. The van der Waals surface area contributed by atoms with Crippen molar-refractivity contribution in [3.8, 4) is 11.5 Å². The van der Waals surface area contributed by atoms with Gasteiger partial charge in [0.25, 0.3) is 0 Å². The molecular formula is C15H21NO4. The van der Waals surface area contributed by atoms with E-state index < -0.39 is 5.97 Å². The maximum Gasteiger partial charge on any atom is 0.328 e. The normalized spacial score (nSPS) is 11.0. The summed E-state index contributed by atoms with van der Waals surface area (Å²) >= 11 is 0. The van der Waals surface area contributed by atoms with Gasteiger partial charge in [-0.2, -0.15) is 0 Å². The molecule has 0 saturated heterocycles. The first-order valence-corrected chi connectivity index (χ1v) is 6.39. The maximum atomic E-state index is 10.6. The van der Waals surface area contributed by atoms with Crippen molar-refractivity contribution in [3.63, 3.8) is 0 Å². The Kier molecular flexibility index (Phi) is 6.59. The number of carboxylic acid groups (broad SMARTS) is 1. The average molecular weight is 279 g/mol. The molecule has 0 saturated carbocycles. The van der Waals surface area contributed by atoms with Crippen molar-refractivity contribution in [1.29, 1.82) is 0 Å². The van der Waals surface area contributed by atoms with Crippen LogP contribution in [0.15, 0.2) is 24.3 Å². The Morgan fingerprint density at radius 3 is 2.75 bits per heavy atom. The van der Waals surface area contributed by atoms with Crippen LogP contribution in [0.2, 0.25) is 0 Å². The van der Waals surface area contributed by atoms with E-state index in [2.05, 4.69) is 4.90 Å². The van der Waals surface area contributed by atoms with Crippen molar-refractivity contribution in [3.05, 3.63) is 29.8 Å². The first kappa shape index (κ1) is 16.0. The number of carbonyl (C=O) groups is 1. The van der Waals surface area contributed by atoms with Gasteiger partial charge in [0.1, 0.15) is 11.5 Å². The van der Waals surface area contributed by atoms with Crippen LogP contribution in [0, 0.1) is 0 Å². The second-order valence-electron chi connectivity index (χ2n) is 4.58. The summed E-state index contributed by atoms with van der Waals surface area (Å²) in [7, 11) is 5.58. The summed E-state index contributed by atoms with van der Waals surface area (Å²) in [4.78, 5) is 12.7. The fourth-order valence-electron chi connectivity index (χ4n) is 1.64. The second-order valence-corrected chi connectivity index (χ2v) is 4.58. The van der Waals surface area contributed by atoms with Crippen LogP contribution < -0.4 is 9.47 Å². The topological polar surface area (TPSA) is 59.0 Å². The summed E-state index contributed by atoms with van der Waals surface area (Å²) in [6, 6.07) is 5.33. The number of carboxylic acids is 1. The Labute approximate surface area is 119 Å². The number of rotatable bonds is 8.